The molecule has 2 aromatic carbocycles. The summed E-state index contributed by atoms with van der Waals surface area (Å²) in [6.07, 6.45) is -2.53. The van der Waals surface area contributed by atoms with Crippen LogP contribution in [0.2, 0.25) is 0 Å². The molecule has 418 valence electrons. The molecule has 0 bridgehead atoms. The minimum atomic E-state index is -1.66. The third-order valence-electron chi connectivity index (χ3n) is 11.2. The summed E-state index contributed by atoms with van der Waals surface area (Å²) in [5, 5.41) is 61.0. The van der Waals surface area contributed by atoms with Crippen LogP contribution in [0.3, 0.4) is 0 Å². The van der Waals surface area contributed by atoms with Gasteiger partial charge in [-0.25, -0.2) is 0 Å². The summed E-state index contributed by atoms with van der Waals surface area (Å²) in [6.45, 7) is 5.79. The van der Waals surface area contributed by atoms with E-state index in [1.54, 1.807) is 13.8 Å². The Bertz CT molecular complexity index is 2360. The summed E-state index contributed by atoms with van der Waals surface area (Å²) in [4.78, 5) is 147. The average molecular weight is 1070 g/mol. The van der Waals surface area contributed by atoms with Crippen molar-refractivity contribution in [3.8, 4) is 11.5 Å². The number of aliphatic imine (C=N–C) groups is 1. The number of aromatic hydroxyl groups is 2. The molecule has 0 aliphatic rings. The fourth-order valence-corrected chi connectivity index (χ4v) is 6.99. The van der Waals surface area contributed by atoms with Gasteiger partial charge in [0.25, 0.3) is 0 Å². The van der Waals surface area contributed by atoms with Crippen LogP contribution in [0.4, 0.5) is 0 Å². The van der Waals surface area contributed by atoms with E-state index in [-0.39, 0.29) is 49.7 Å². The first kappa shape index (κ1) is 63.7. The second-order valence-corrected chi connectivity index (χ2v) is 18.0. The van der Waals surface area contributed by atoms with Gasteiger partial charge in [0, 0.05) is 25.8 Å². The first-order valence-corrected chi connectivity index (χ1v) is 24.1. The number of aliphatic hydroxyl groups excluding tert-OH is 1. The molecule has 19 N–H and O–H groups in total. The number of carbonyl (C=O) groups excluding carboxylic acids is 10. The molecule has 28 nitrogen and oxygen atoms in total. The van der Waals surface area contributed by atoms with Gasteiger partial charge in [-0.05, 0) is 81.3 Å². The van der Waals surface area contributed by atoms with Crippen molar-refractivity contribution in [2.75, 3.05) is 19.6 Å². The number of benzene rings is 2. The quantitative estimate of drug-likeness (QED) is 0.0141. The fraction of sp³-hybridized carbons (Fsp3) is 0.500. The summed E-state index contributed by atoms with van der Waals surface area (Å²) in [6, 6.07) is 0.228. The third kappa shape index (κ3) is 23.2. The molecule has 0 unspecified atom stereocenters. The van der Waals surface area contributed by atoms with E-state index in [4.69, 9.17) is 17.2 Å². The Morgan fingerprint density at radius 1 is 0.579 bits per heavy atom. The number of nitrogens with two attached hydrogens (primary N) is 3. The number of aldehydes is 1. The molecule has 2 rings (SSSR count). The maximum absolute atomic E-state index is 13.9. The van der Waals surface area contributed by atoms with Crippen molar-refractivity contribution in [3.05, 3.63) is 59.7 Å². The van der Waals surface area contributed by atoms with Crippen molar-refractivity contribution in [2.24, 2.45) is 28.1 Å². The molecule has 0 spiro atoms. The lowest BCUT2D eigenvalue weighted by Crippen LogP contribution is -2.60. The molecule has 0 saturated carbocycles. The maximum Gasteiger partial charge on any atom is 0.303 e. The van der Waals surface area contributed by atoms with E-state index in [1.807, 2.05) is 0 Å². The summed E-state index contributed by atoms with van der Waals surface area (Å²) >= 11 is 0. The van der Waals surface area contributed by atoms with Gasteiger partial charge in [-0.1, -0.05) is 38.1 Å². The number of nitrogens with one attached hydrogen (secondary N) is 9. The topological polar surface area (TPSA) is 467 Å². The molecule has 2 aromatic rings. The van der Waals surface area contributed by atoms with Crippen LogP contribution in [0.15, 0.2) is 53.5 Å². The highest BCUT2D eigenvalue weighted by Gasteiger charge is 2.34. The number of aliphatic carboxylic acids is 1. The van der Waals surface area contributed by atoms with Crippen LogP contribution in [0, 0.1) is 5.92 Å². The Morgan fingerprint density at radius 2 is 1.04 bits per heavy atom. The molecule has 0 radical (unpaired) electrons. The molecule has 9 atom stereocenters. The summed E-state index contributed by atoms with van der Waals surface area (Å²) in [5.41, 5.74) is 17.3. The van der Waals surface area contributed by atoms with Gasteiger partial charge in [0.2, 0.25) is 53.2 Å². The van der Waals surface area contributed by atoms with Gasteiger partial charge in [0.05, 0.1) is 25.2 Å². The zero-order valence-corrected chi connectivity index (χ0v) is 42.8. The number of carbonyl (C=O) groups is 11. The molecule has 28 heteroatoms. The Labute approximate surface area is 437 Å². The summed E-state index contributed by atoms with van der Waals surface area (Å²) in [5.74, 6) is -10.4. The standard InChI is InChI=1S/C48H71N13O15/c1-24(2)39(60-42(71)32(7-6-18-52-48(50)51)58-44(73)34(56-36(66)21-49)19-28-8-12-30(64)13-9-28)46(75)55-26(4)41(70)53-22-37(67)57-35(20-29-10-14-31(65)15-11-29)45(74)59-33(16-17-38(68)69)43(72)61-40(27(5)63)47(76)54-25(3)23-62/h8-15,23-27,32-35,39-40,63-65H,6-7,16-22,49H2,1-5H3,(H,53,70)(H,54,76)(H,55,75)(H,56,66)(H,57,67)(H,58,73)(H,59,74)(H,60,71)(H,61,72)(H,68,69)(H4,50,51,52)/t25-,26-,27+,32-,33-,34-,35-,39-,40-/m0/s1. The lowest BCUT2D eigenvalue weighted by Gasteiger charge is -2.27. The van der Waals surface area contributed by atoms with Gasteiger partial charge in [-0.2, -0.15) is 0 Å². The zero-order valence-electron chi connectivity index (χ0n) is 42.8. The number of amides is 9. The Hall–Kier alpha value is -8.40. The number of rotatable bonds is 32. The van der Waals surface area contributed by atoms with Crippen LogP contribution in [0.1, 0.15) is 71.4 Å². The maximum atomic E-state index is 13.9. The van der Waals surface area contributed by atoms with Gasteiger partial charge < -0.3 is 90.3 Å². The predicted octanol–water partition coefficient (Wildman–Crippen LogP) is -4.97. The van der Waals surface area contributed by atoms with E-state index in [2.05, 4.69) is 52.8 Å². The number of carboxylic acids is 1. The van der Waals surface area contributed by atoms with Crippen molar-refractivity contribution in [1.29, 1.82) is 0 Å². The van der Waals surface area contributed by atoms with Crippen molar-refractivity contribution >= 4 is 71.4 Å². The molecular formula is C48H71N13O15. The van der Waals surface area contributed by atoms with Crippen molar-refractivity contribution < 1.29 is 73.2 Å². The largest absolute Gasteiger partial charge is 0.508 e. The third-order valence-corrected chi connectivity index (χ3v) is 11.2. The lowest BCUT2D eigenvalue weighted by molar-refractivity contribution is -0.139. The molecule has 0 aliphatic heterocycles. The SMILES string of the molecule is CC(C)[C@H](NC(=O)[C@H](CCCN=C(N)N)NC(=O)[C@H](Cc1ccc(O)cc1)NC(=O)CN)C(=O)N[C@@H](C)C(=O)NCC(=O)N[C@@H](Cc1ccc(O)cc1)C(=O)N[C@@H](CCC(=O)O)C(=O)N[C@H](C(=O)N[C@@H](C)C=O)[C@@H](C)O. The number of phenols is 2. The van der Waals surface area contributed by atoms with Crippen molar-refractivity contribution in [1.82, 2.24) is 47.9 Å². The number of hydrogen-bond donors (Lipinski definition) is 16. The lowest BCUT2D eigenvalue weighted by atomic mass is 10.0. The normalized spacial score (nSPS) is 14.4. The van der Waals surface area contributed by atoms with Crippen LogP contribution < -0.4 is 65.1 Å². The number of aliphatic hydroxyl groups is 1. The second-order valence-electron chi connectivity index (χ2n) is 18.0. The molecule has 0 heterocycles. The van der Waals surface area contributed by atoms with Crippen LogP contribution >= 0.6 is 0 Å². The van der Waals surface area contributed by atoms with Crippen molar-refractivity contribution in [3.63, 3.8) is 0 Å². The number of phenolic OH excluding ortho intramolecular Hbond substituents is 2. The van der Waals surface area contributed by atoms with Crippen LogP contribution in [0.25, 0.3) is 0 Å². The molecule has 9 amide bonds. The molecule has 0 saturated heterocycles. The monoisotopic (exact) mass is 1070 g/mol. The molecule has 0 aromatic heterocycles. The minimum Gasteiger partial charge on any atom is -0.508 e. The fourth-order valence-electron chi connectivity index (χ4n) is 6.99. The Kier molecular flexibility index (Phi) is 26.8. The van der Waals surface area contributed by atoms with Gasteiger partial charge in [0.15, 0.2) is 5.96 Å². The van der Waals surface area contributed by atoms with E-state index in [9.17, 15) is 73.2 Å². The Morgan fingerprint density at radius 3 is 1.49 bits per heavy atom. The van der Waals surface area contributed by atoms with Gasteiger partial charge >= 0.3 is 5.97 Å². The highest BCUT2D eigenvalue weighted by molar-refractivity contribution is 5.98. The Balaban J connectivity index is 2.26. The minimum absolute atomic E-state index is 0.0365. The number of carboxylic acid groups (broad SMARTS) is 1. The molecule has 0 fully saturated rings. The molecule has 76 heavy (non-hydrogen) atoms. The first-order chi connectivity index (χ1) is 35.7. The van der Waals surface area contributed by atoms with E-state index in [0.717, 1.165) is 6.92 Å². The summed E-state index contributed by atoms with van der Waals surface area (Å²) < 4.78 is 0. The number of nitrogens with zero attached hydrogens (tertiary/aromatic N) is 1. The highest BCUT2D eigenvalue weighted by Crippen LogP contribution is 2.14. The van der Waals surface area contributed by atoms with Gasteiger partial charge in [0.1, 0.15) is 60.1 Å². The van der Waals surface area contributed by atoms with Crippen molar-refractivity contribution in [2.45, 2.75) is 128 Å². The zero-order chi connectivity index (χ0) is 57.2. The molecule has 0 aliphatic carbocycles. The smallest absolute Gasteiger partial charge is 0.303 e. The number of hydrogen-bond acceptors (Lipinski definition) is 16. The second kappa shape index (κ2) is 32.0. The van der Waals surface area contributed by atoms with Crippen LogP contribution in [-0.2, 0) is 65.6 Å². The number of guanidine groups is 1. The van der Waals surface area contributed by atoms with Gasteiger partial charge in [-0.15, -0.1) is 0 Å². The van der Waals surface area contributed by atoms with E-state index in [0.29, 0.717) is 17.4 Å². The van der Waals surface area contributed by atoms with Crippen LogP contribution in [0.5, 0.6) is 11.5 Å². The van der Waals surface area contributed by atoms with E-state index < -0.39 is 145 Å². The van der Waals surface area contributed by atoms with Gasteiger partial charge in [-0.3, -0.25) is 52.9 Å². The van der Waals surface area contributed by atoms with Crippen LogP contribution in [-0.4, -0.2) is 166 Å². The summed E-state index contributed by atoms with van der Waals surface area (Å²) in [7, 11) is 0. The first-order valence-electron chi connectivity index (χ1n) is 24.1. The predicted molar refractivity (Wildman–Crippen MR) is 272 cm³/mol. The van der Waals surface area contributed by atoms with E-state index in [1.165, 1.54) is 62.4 Å². The average Bonchev–Trinajstić information content (AvgIpc) is 3.36. The highest BCUT2D eigenvalue weighted by atomic mass is 16.4. The van der Waals surface area contributed by atoms with E-state index >= 15 is 0 Å². The molecular weight excluding hydrogens is 999 g/mol.